The molecule has 35 heavy (non-hydrogen) atoms. The Morgan fingerprint density at radius 1 is 0.829 bits per heavy atom. The third-order valence-corrected chi connectivity index (χ3v) is 5.89. The summed E-state index contributed by atoms with van der Waals surface area (Å²) in [6.07, 6.45) is 1.69. The lowest BCUT2D eigenvalue weighted by molar-refractivity contribution is 0.102. The van der Waals surface area contributed by atoms with Crippen LogP contribution in [0.25, 0.3) is 21.7 Å². The highest BCUT2D eigenvalue weighted by molar-refractivity contribution is 6.30. The molecule has 5 rings (SSSR count). The topological polar surface area (TPSA) is 69.7 Å². The van der Waals surface area contributed by atoms with Crippen LogP contribution in [0, 0.1) is 0 Å². The maximum Gasteiger partial charge on any atom is 0.255 e. The second-order valence-corrected chi connectivity index (χ2v) is 8.22. The normalized spacial score (nSPS) is 10.8. The van der Waals surface area contributed by atoms with Crippen molar-refractivity contribution in [1.82, 2.24) is 4.98 Å². The van der Waals surface area contributed by atoms with E-state index < -0.39 is 0 Å². The van der Waals surface area contributed by atoms with Gasteiger partial charge in [-0.15, -0.1) is 0 Å². The second kappa shape index (κ2) is 9.52. The van der Waals surface area contributed by atoms with Gasteiger partial charge in [-0.2, -0.15) is 0 Å². The number of anilines is 1. The number of aromatic nitrogens is 1. The first kappa shape index (κ1) is 22.5. The highest BCUT2D eigenvalue weighted by Gasteiger charge is 2.13. The summed E-state index contributed by atoms with van der Waals surface area (Å²) in [5.74, 6) is 2.28. The van der Waals surface area contributed by atoms with Crippen LogP contribution in [0.15, 0.2) is 85.1 Å². The van der Waals surface area contributed by atoms with E-state index in [1.165, 1.54) is 0 Å². The number of amides is 1. The first-order valence-electron chi connectivity index (χ1n) is 10.8. The van der Waals surface area contributed by atoms with Gasteiger partial charge in [-0.1, -0.05) is 23.7 Å². The van der Waals surface area contributed by atoms with Gasteiger partial charge in [0.05, 0.1) is 19.7 Å². The maximum atomic E-state index is 12.7. The van der Waals surface area contributed by atoms with E-state index in [0.717, 1.165) is 21.7 Å². The number of hydrogen-bond donors (Lipinski definition) is 1. The zero-order chi connectivity index (χ0) is 24.4. The van der Waals surface area contributed by atoms with Crippen LogP contribution in [-0.4, -0.2) is 25.1 Å². The molecular weight excluding hydrogens is 464 g/mol. The van der Waals surface area contributed by atoms with Gasteiger partial charge >= 0.3 is 0 Å². The van der Waals surface area contributed by atoms with Crippen molar-refractivity contribution in [1.29, 1.82) is 0 Å². The van der Waals surface area contributed by atoms with Gasteiger partial charge in [-0.05, 0) is 66.0 Å². The number of benzene rings is 4. The van der Waals surface area contributed by atoms with E-state index in [0.29, 0.717) is 39.3 Å². The van der Waals surface area contributed by atoms with Crippen molar-refractivity contribution >= 4 is 44.9 Å². The van der Waals surface area contributed by atoms with Crippen molar-refractivity contribution in [2.45, 2.75) is 0 Å². The minimum absolute atomic E-state index is 0.206. The van der Waals surface area contributed by atoms with Crippen molar-refractivity contribution in [3.8, 4) is 23.0 Å². The van der Waals surface area contributed by atoms with Gasteiger partial charge < -0.3 is 19.5 Å². The Bertz CT molecular complexity index is 1550. The van der Waals surface area contributed by atoms with Crippen molar-refractivity contribution in [3.63, 3.8) is 0 Å². The van der Waals surface area contributed by atoms with Gasteiger partial charge in [0.2, 0.25) is 0 Å². The molecule has 0 saturated heterocycles. The lowest BCUT2D eigenvalue weighted by Crippen LogP contribution is -2.11. The number of fused-ring (bicyclic) bond motifs is 2. The smallest absolute Gasteiger partial charge is 0.255 e. The number of nitrogens with one attached hydrogen (secondary N) is 1. The molecule has 1 amide bonds. The lowest BCUT2D eigenvalue weighted by atomic mass is 10.1. The van der Waals surface area contributed by atoms with Gasteiger partial charge in [0.15, 0.2) is 11.5 Å². The summed E-state index contributed by atoms with van der Waals surface area (Å²) in [6, 6.07) is 23.7. The molecule has 0 spiro atoms. The van der Waals surface area contributed by atoms with E-state index in [1.54, 1.807) is 50.7 Å². The first-order valence-corrected chi connectivity index (χ1v) is 11.2. The predicted octanol–water partition coefficient (Wildman–Crippen LogP) is 7.10. The quantitative estimate of drug-likeness (QED) is 0.278. The van der Waals surface area contributed by atoms with E-state index >= 15 is 0 Å². The summed E-state index contributed by atoms with van der Waals surface area (Å²) in [6.45, 7) is 0. The molecule has 174 valence electrons. The number of rotatable bonds is 6. The van der Waals surface area contributed by atoms with E-state index in [2.05, 4.69) is 10.3 Å². The molecular formula is C28H21ClN2O4. The fraction of sp³-hybridized carbons (Fsp3) is 0.0714. The molecule has 0 radical (unpaired) electrons. The Morgan fingerprint density at radius 3 is 2.37 bits per heavy atom. The van der Waals surface area contributed by atoms with Gasteiger partial charge in [0.1, 0.15) is 11.5 Å². The lowest BCUT2D eigenvalue weighted by Gasteiger charge is -2.13. The molecule has 0 fully saturated rings. The summed E-state index contributed by atoms with van der Waals surface area (Å²) in [7, 11) is 3.18. The number of pyridine rings is 1. The number of nitrogens with zero attached hydrogens (tertiary/aromatic N) is 1. The Balaban J connectivity index is 1.45. The first-order chi connectivity index (χ1) is 17.1. The average Bonchev–Trinajstić information content (AvgIpc) is 2.88. The summed E-state index contributed by atoms with van der Waals surface area (Å²) in [5.41, 5.74) is 1.97. The monoisotopic (exact) mass is 484 g/mol. The molecule has 7 heteroatoms. The average molecular weight is 485 g/mol. The Morgan fingerprint density at radius 2 is 1.60 bits per heavy atom. The third kappa shape index (κ3) is 4.56. The van der Waals surface area contributed by atoms with E-state index in [1.807, 2.05) is 48.5 Å². The fourth-order valence-corrected chi connectivity index (χ4v) is 4.02. The Hall–Kier alpha value is -4.29. The SMILES string of the molecule is COc1cc2nccc(Oc3ccc4c(NC(=O)c5ccc(Cl)cc5)cccc4c3)c2cc1OC. The van der Waals surface area contributed by atoms with Crippen molar-refractivity contribution in [3.05, 3.63) is 95.6 Å². The summed E-state index contributed by atoms with van der Waals surface area (Å²) in [4.78, 5) is 17.1. The predicted molar refractivity (Wildman–Crippen MR) is 138 cm³/mol. The van der Waals surface area contributed by atoms with Crippen molar-refractivity contribution < 1.29 is 19.0 Å². The molecule has 4 aromatic carbocycles. The second-order valence-electron chi connectivity index (χ2n) is 7.79. The van der Waals surface area contributed by atoms with Crippen LogP contribution in [0.1, 0.15) is 10.4 Å². The summed E-state index contributed by atoms with van der Waals surface area (Å²) < 4.78 is 17.1. The van der Waals surface area contributed by atoms with Gasteiger partial charge in [-0.3, -0.25) is 9.78 Å². The van der Waals surface area contributed by atoms with E-state index in [-0.39, 0.29) is 5.91 Å². The van der Waals surface area contributed by atoms with Crippen LogP contribution in [-0.2, 0) is 0 Å². The maximum absolute atomic E-state index is 12.7. The molecule has 0 saturated carbocycles. The molecule has 0 aliphatic rings. The fourth-order valence-electron chi connectivity index (χ4n) is 3.89. The van der Waals surface area contributed by atoms with Gasteiger partial charge in [-0.25, -0.2) is 0 Å². The molecule has 0 bridgehead atoms. The summed E-state index contributed by atoms with van der Waals surface area (Å²) in [5, 5.41) is 6.18. The number of hydrogen-bond acceptors (Lipinski definition) is 5. The zero-order valence-electron chi connectivity index (χ0n) is 19.0. The molecule has 5 aromatic rings. The van der Waals surface area contributed by atoms with Crippen LogP contribution in [0.5, 0.6) is 23.0 Å². The Labute approximate surface area is 207 Å². The van der Waals surface area contributed by atoms with Crippen LogP contribution in [0.4, 0.5) is 5.69 Å². The number of halogens is 1. The van der Waals surface area contributed by atoms with Crippen molar-refractivity contribution in [2.75, 3.05) is 19.5 Å². The highest BCUT2D eigenvalue weighted by atomic mass is 35.5. The van der Waals surface area contributed by atoms with Gasteiger partial charge in [0.25, 0.3) is 5.91 Å². The largest absolute Gasteiger partial charge is 0.493 e. The van der Waals surface area contributed by atoms with Crippen LogP contribution in [0.3, 0.4) is 0 Å². The number of ether oxygens (including phenoxy) is 3. The van der Waals surface area contributed by atoms with E-state index in [4.69, 9.17) is 25.8 Å². The molecule has 0 aliphatic carbocycles. The molecule has 0 aliphatic heterocycles. The molecule has 0 atom stereocenters. The zero-order valence-corrected chi connectivity index (χ0v) is 19.8. The highest BCUT2D eigenvalue weighted by Crippen LogP contribution is 2.37. The number of carbonyl (C=O) groups is 1. The minimum atomic E-state index is -0.206. The van der Waals surface area contributed by atoms with Crippen LogP contribution in [0.2, 0.25) is 5.02 Å². The molecule has 6 nitrogen and oxygen atoms in total. The van der Waals surface area contributed by atoms with Crippen molar-refractivity contribution in [2.24, 2.45) is 0 Å². The van der Waals surface area contributed by atoms with E-state index in [9.17, 15) is 4.79 Å². The Kier molecular flexibility index (Phi) is 6.12. The van der Waals surface area contributed by atoms with Gasteiger partial charge in [0, 0.05) is 39.3 Å². The number of carbonyl (C=O) groups excluding carboxylic acids is 1. The van der Waals surface area contributed by atoms with Crippen LogP contribution < -0.4 is 19.5 Å². The third-order valence-electron chi connectivity index (χ3n) is 5.64. The molecule has 1 aromatic heterocycles. The molecule has 1 N–H and O–H groups in total. The summed E-state index contributed by atoms with van der Waals surface area (Å²) >= 11 is 5.93. The molecule has 0 unspecified atom stereocenters. The minimum Gasteiger partial charge on any atom is -0.493 e. The molecule has 1 heterocycles. The number of methoxy groups -OCH3 is 2. The van der Waals surface area contributed by atoms with Crippen LogP contribution >= 0.6 is 11.6 Å². The standard InChI is InChI=1S/C28H21ClN2O4/c1-33-26-15-22-24(16-27(26)34-2)30-13-12-25(22)35-20-10-11-21-18(14-20)4-3-5-23(21)31-28(32)17-6-8-19(29)9-7-17/h3-16H,1-2H3,(H,31,32).